The van der Waals surface area contributed by atoms with Gasteiger partial charge in [0.15, 0.2) is 36.6 Å². The summed E-state index contributed by atoms with van der Waals surface area (Å²) >= 11 is 1.78. The molecular formula is C28H40O18S2. The van der Waals surface area contributed by atoms with Crippen molar-refractivity contribution in [2.24, 2.45) is 0 Å². The summed E-state index contributed by atoms with van der Waals surface area (Å²) in [6.07, 6.45) is -7.05. The Hall–Kier alpha value is -3.62. The lowest BCUT2D eigenvalue weighted by molar-refractivity contribution is -0.191. The second-order valence-corrected chi connectivity index (χ2v) is 12.9. The highest BCUT2D eigenvalue weighted by Gasteiger charge is 2.52. The van der Waals surface area contributed by atoms with Crippen molar-refractivity contribution in [3.05, 3.63) is 0 Å². The van der Waals surface area contributed by atoms with Crippen LogP contribution in [0.25, 0.3) is 0 Å². The molecule has 0 aromatic carbocycles. The lowest BCUT2D eigenvalue weighted by Gasteiger charge is -2.42. The number of aliphatic hydroxyl groups excluding tert-OH is 2. The molecular weight excluding hydrogens is 688 g/mol. The summed E-state index contributed by atoms with van der Waals surface area (Å²) < 4.78 is 40.4. The lowest BCUT2D eigenvalue weighted by atomic mass is 10.0. The van der Waals surface area contributed by atoms with Crippen molar-refractivity contribution < 1.29 is 86.5 Å². The molecule has 48 heavy (non-hydrogen) atoms. The zero-order valence-electron chi connectivity index (χ0n) is 27.4. The van der Waals surface area contributed by atoms with E-state index >= 15 is 0 Å². The molecule has 2 N–H and O–H groups in total. The summed E-state index contributed by atoms with van der Waals surface area (Å²) in [6.45, 7) is 8.89. The summed E-state index contributed by atoms with van der Waals surface area (Å²) in [5.74, 6) is -5.25. The lowest BCUT2D eigenvalue weighted by Crippen LogP contribution is -2.58. The molecule has 1 unspecified atom stereocenters. The van der Waals surface area contributed by atoms with E-state index in [9.17, 15) is 48.6 Å². The minimum absolute atomic E-state index is 0.181. The van der Waals surface area contributed by atoms with Crippen LogP contribution >= 0.6 is 23.5 Å². The molecule has 2 heterocycles. The molecule has 0 amide bonds. The van der Waals surface area contributed by atoms with Gasteiger partial charge < -0.3 is 48.1 Å². The molecule has 2 saturated heterocycles. The fraction of sp³-hybridized carbons (Fsp3) is 0.714. The van der Waals surface area contributed by atoms with Crippen LogP contribution in [-0.2, 0) is 76.3 Å². The van der Waals surface area contributed by atoms with Crippen molar-refractivity contribution >= 4 is 71.3 Å². The first kappa shape index (κ1) is 42.4. The highest BCUT2D eigenvalue weighted by Crippen LogP contribution is 2.38. The Balaban J connectivity index is 0.000000480. The second-order valence-electron chi connectivity index (χ2n) is 10.2. The van der Waals surface area contributed by atoms with E-state index in [4.69, 9.17) is 37.9 Å². The Morgan fingerprint density at radius 1 is 0.396 bits per heavy atom. The largest absolute Gasteiger partial charge is 0.465 e. The number of carbonyl (C=O) groups excluding carboxylic acids is 8. The van der Waals surface area contributed by atoms with Gasteiger partial charge in [0.1, 0.15) is 24.1 Å². The van der Waals surface area contributed by atoms with Gasteiger partial charge in [0.05, 0.1) is 10.5 Å². The number of rotatable bonds is 10. The van der Waals surface area contributed by atoms with Crippen LogP contribution in [0.15, 0.2) is 0 Å². The molecule has 0 radical (unpaired) electrons. The Labute approximate surface area is 284 Å². The molecule has 0 aromatic rings. The number of hydrogen-bond acceptors (Lipinski definition) is 20. The van der Waals surface area contributed by atoms with Crippen molar-refractivity contribution in [1.29, 1.82) is 0 Å². The monoisotopic (exact) mass is 728 g/mol. The van der Waals surface area contributed by atoms with Crippen LogP contribution < -0.4 is 0 Å². The number of carbonyl (C=O) groups is 8. The first-order valence-electron chi connectivity index (χ1n) is 14.2. The van der Waals surface area contributed by atoms with Crippen LogP contribution in [0.3, 0.4) is 0 Å². The summed E-state index contributed by atoms with van der Waals surface area (Å²) in [4.78, 5) is 90.1. The van der Waals surface area contributed by atoms with Gasteiger partial charge in [-0.05, 0) is 0 Å². The Morgan fingerprint density at radius 3 is 0.854 bits per heavy atom. The van der Waals surface area contributed by atoms with Crippen LogP contribution in [0.4, 0.5) is 0 Å². The molecule has 2 rings (SSSR count). The average molecular weight is 729 g/mol. The smallest absolute Gasteiger partial charge is 0.303 e. The average Bonchev–Trinajstić information content (AvgIpc) is 2.92. The van der Waals surface area contributed by atoms with E-state index in [2.05, 4.69) is 0 Å². The Morgan fingerprint density at radius 2 is 0.625 bits per heavy atom. The molecule has 0 saturated carbocycles. The Bertz CT molecular complexity index is 1100. The quantitative estimate of drug-likeness (QED) is 0.214. The summed E-state index contributed by atoms with van der Waals surface area (Å²) in [6, 6.07) is 0. The third kappa shape index (κ3) is 14.7. The fourth-order valence-electron chi connectivity index (χ4n) is 4.41. The van der Waals surface area contributed by atoms with E-state index in [1.165, 1.54) is 13.8 Å². The van der Waals surface area contributed by atoms with Crippen LogP contribution in [0.5, 0.6) is 0 Å². The van der Waals surface area contributed by atoms with Crippen molar-refractivity contribution in [2.75, 3.05) is 13.2 Å². The molecule has 0 spiro atoms. The van der Waals surface area contributed by atoms with Crippen LogP contribution in [0.1, 0.15) is 55.4 Å². The minimum Gasteiger partial charge on any atom is -0.465 e. The first-order valence-corrected chi connectivity index (χ1v) is 16.1. The molecule has 272 valence electrons. The van der Waals surface area contributed by atoms with Crippen molar-refractivity contribution in [2.45, 2.75) is 113 Å². The van der Waals surface area contributed by atoms with Crippen molar-refractivity contribution in [3.8, 4) is 0 Å². The zero-order valence-corrected chi connectivity index (χ0v) is 29.1. The maximum atomic E-state index is 11.4. The number of ether oxygens (including phenoxy) is 8. The number of thioether (sulfide) groups is 2. The van der Waals surface area contributed by atoms with Gasteiger partial charge in [0.25, 0.3) is 0 Å². The van der Waals surface area contributed by atoms with Crippen molar-refractivity contribution in [3.63, 3.8) is 0 Å². The SMILES string of the molecule is CC(=O)OC[C@H]1SC(O)[C@H](OC(C)=O)[C@@H](OC(C)=O)[C@@H]1OC(C)=O.CC(=O)OC[C@H]1S[C@@H](O)[C@H](OC(C)=O)[C@@H](OC(C)=O)[C@@H]1OC(C)=O. The molecule has 18 nitrogen and oxygen atoms in total. The third-order valence-corrected chi connectivity index (χ3v) is 8.53. The van der Waals surface area contributed by atoms with Gasteiger partial charge in [-0.1, -0.05) is 0 Å². The molecule has 2 fully saturated rings. The number of hydrogen-bond donors (Lipinski definition) is 2. The maximum Gasteiger partial charge on any atom is 0.303 e. The maximum absolute atomic E-state index is 11.4. The molecule has 10 atom stereocenters. The van der Waals surface area contributed by atoms with Gasteiger partial charge in [-0.3, -0.25) is 38.4 Å². The van der Waals surface area contributed by atoms with E-state index in [-0.39, 0.29) is 13.2 Å². The fourth-order valence-corrected chi connectivity index (χ4v) is 6.88. The van der Waals surface area contributed by atoms with Crippen LogP contribution in [0.2, 0.25) is 0 Å². The summed E-state index contributed by atoms with van der Waals surface area (Å²) in [7, 11) is 0. The van der Waals surface area contributed by atoms with Gasteiger partial charge >= 0.3 is 47.8 Å². The van der Waals surface area contributed by atoms with Crippen molar-refractivity contribution in [1.82, 2.24) is 0 Å². The number of aliphatic hydroxyl groups is 2. The van der Waals surface area contributed by atoms with E-state index in [0.717, 1.165) is 65.1 Å². The van der Waals surface area contributed by atoms with E-state index < -0.39 is 106 Å². The summed E-state index contributed by atoms with van der Waals surface area (Å²) in [5.41, 5.74) is -2.52. The minimum atomic E-state index is -1.26. The molecule has 0 aromatic heterocycles. The predicted molar refractivity (Wildman–Crippen MR) is 161 cm³/mol. The molecule has 2 aliphatic heterocycles. The van der Waals surface area contributed by atoms with Gasteiger partial charge in [-0.2, -0.15) is 0 Å². The molecule has 0 aliphatic carbocycles. The van der Waals surface area contributed by atoms with Crippen LogP contribution in [-0.4, -0.2) is 129 Å². The highest BCUT2D eigenvalue weighted by molar-refractivity contribution is 8.00. The van der Waals surface area contributed by atoms with Gasteiger partial charge in [0.2, 0.25) is 0 Å². The Kier molecular flexibility index (Phi) is 17.7. The molecule has 0 bridgehead atoms. The van der Waals surface area contributed by atoms with E-state index in [1.807, 2.05) is 0 Å². The molecule has 20 heteroatoms. The predicted octanol–water partition coefficient (Wildman–Crippen LogP) is -0.443. The topological polar surface area (TPSA) is 251 Å². The first-order chi connectivity index (χ1) is 22.2. The standard InChI is InChI=1S/2C14H20O9S/c2*1-6(15)20-5-10-11(21-7(2)16)12(22-8(3)17)13(14(19)24-10)23-9(4)18/h2*10-14,19H,5H2,1-4H3/t10-,11-,12+,13-,14?;10-,11-,12+,13-,14-/m11/s1. The van der Waals surface area contributed by atoms with Gasteiger partial charge in [-0.25, -0.2) is 0 Å². The second kappa shape index (κ2) is 20.0. The number of esters is 8. The van der Waals surface area contributed by atoms with Crippen LogP contribution in [0, 0.1) is 0 Å². The van der Waals surface area contributed by atoms with Gasteiger partial charge in [-0.15, -0.1) is 23.5 Å². The summed E-state index contributed by atoms with van der Waals surface area (Å²) in [5, 5.41) is 19.0. The van der Waals surface area contributed by atoms with E-state index in [1.54, 1.807) is 0 Å². The third-order valence-electron chi connectivity index (χ3n) is 5.93. The van der Waals surface area contributed by atoms with Gasteiger partial charge in [0, 0.05) is 55.4 Å². The van der Waals surface area contributed by atoms with E-state index in [0.29, 0.717) is 0 Å². The molecule has 2 aliphatic rings. The highest BCUT2D eigenvalue weighted by atomic mass is 32.2. The normalized spacial score (nSPS) is 29.3. The zero-order chi connectivity index (χ0) is 36.9.